The fourth-order valence-electron chi connectivity index (χ4n) is 8.67. The number of hydrogen-bond acceptors (Lipinski definition) is 17. The summed E-state index contributed by atoms with van der Waals surface area (Å²) >= 11 is 10.3. The SMILES string of the molecule is CC(C)(CNC(=O)C(C)(C)CCOC(C)(S)CCNC(=S)Nc1ccc(-c2c3ccc(=O)cc-3oc3cc(O)ccc23)c(C(=O)O)c1)COC(C)(C)CCNC(=O)CCCNC(=O)c1ccc(NCc2cnc3nc(N)[nH]c(=O)c3n2)cc1. The van der Waals surface area contributed by atoms with Gasteiger partial charge in [-0.2, -0.15) is 4.98 Å². The number of amides is 3. The van der Waals surface area contributed by atoms with Crippen LogP contribution in [0.5, 0.6) is 5.75 Å². The minimum atomic E-state index is -1.19. The van der Waals surface area contributed by atoms with Crippen molar-refractivity contribution in [3.05, 3.63) is 122 Å². The maximum absolute atomic E-state index is 13.5. The van der Waals surface area contributed by atoms with Crippen LogP contribution >= 0.6 is 24.8 Å². The lowest BCUT2D eigenvalue weighted by molar-refractivity contribution is -0.131. The number of carboxylic acids is 1. The van der Waals surface area contributed by atoms with E-state index in [1.54, 1.807) is 48.5 Å². The third-order valence-electron chi connectivity index (χ3n) is 13.7. The number of fused-ring (bicyclic) bond motifs is 3. The Morgan fingerprint density at radius 2 is 1.53 bits per heavy atom. The fraction of sp³-hybridized carbons (Fsp3) is 0.390. The number of rotatable bonds is 27. The number of ether oxygens (including phenoxy) is 2. The number of thiol groups is 1. The number of anilines is 3. The van der Waals surface area contributed by atoms with E-state index in [1.165, 1.54) is 36.5 Å². The van der Waals surface area contributed by atoms with Gasteiger partial charge in [0.15, 0.2) is 21.7 Å². The van der Waals surface area contributed by atoms with E-state index in [4.69, 9.17) is 44.5 Å². The molecule has 0 spiro atoms. The monoisotopic (exact) mass is 1170 g/mol. The van der Waals surface area contributed by atoms with Crippen molar-refractivity contribution in [2.75, 3.05) is 55.8 Å². The summed E-state index contributed by atoms with van der Waals surface area (Å²) in [6.07, 6.45) is 3.59. The van der Waals surface area contributed by atoms with Gasteiger partial charge in [0, 0.05) is 102 Å². The molecule has 1 aliphatic carbocycles. The van der Waals surface area contributed by atoms with Gasteiger partial charge in [0.05, 0.1) is 36.2 Å². The third-order valence-corrected chi connectivity index (χ3v) is 14.3. The molecule has 1 atom stereocenters. The molecule has 3 heterocycles. The van der Waals surface area contributed by atoms with Crippen LogP contribution < -0.4 is 48.6 Å². The van der Waals surface area contributed by atoms with Crippen molar-refractivity contribution in [3.8, 4) is 28.2 Å². The number of aromatic amines is 1. The van der Waals surface area contributed by atoms with Gasteiger partial charge in [-0.25, -0.2) is 14.8 Å². The quantitative estimate of drug-likeness (QED) is 0.00776. The lowest BCUT2D eigenvalue weighted by Gasteiger charge is -2.33. The molecular formula is C59H71N11O11S2. The van der Waals surface area contributed by atoms with E-state index >= 15 is 0 Å². The van der Waals surface area contributed by atoms with Gasteiger partial charge in [-0.3, -0.25) is 29.0 Å². The molecule has 2 aromatic heterocycles. The molecule has 3 amide bonds. The molecule has 0 saturated carbocycles. The minimum absolute atomic E-state index is 0.0277. The Hall–Kier alpha value is -8.19. The normalized spacial score (nSPS) is 12.6. The first-order valence-corrected chi connectivity index (χ1v) is 27.8. The summed E-state index contributed by atoms with van der Waals surface area (Å²) in [6, 6.07) is 20.5. The lowest BCUT2D eigenvalue weighted by atomic mass is 9.87. The number of phenols is 1. The van der Waals surface area contributed by atoms with Crippen molar-refractivity contribution >= 4 is 93.1 Å². The van der Waals surface area contributed by atoms with Gasteiger partial charge in [-0.05, 0) is 118 Å². The van der Waals surface area contributed by atoms with Crippen molar-refractivity contribution in [2.45, 2.75) is 97.6 Å². The molecule has 22 nitrogen and oxygen atoms in total. The minimum Gasteiger partial charge on any atom is -0.508 e. The molecule has 5 aromatic rings. The second-order valence-electron chi connectivity index (χ2n) is 22.4. The Labute approximate surface area is 490 Å². The number of nitrogen functional groups attached to an aromatic ring is 1. The largest absolute Gasteiger partial charge is 0.508 e. The molecule has 0 saturated heterocycles. The van der Waals surface area contributed by atoms with E-state index in [0.29, 0.717) is 97.5 Å². The summed E-state index contributed by atoms with van der Waals surface area (Å²) in [7, 11) is 0. The predicted octanol–water partition coefficient (Wildman–Crippen LogP) is 7.60. The molecule has 1 unspecified atom stereocenters. The maximum atomic E-state index is 13.5. The van der Waals surface area contributed by atoms with Gasteiger partial charge in [0.25, 0.3) is 11.5 Å². The predicted molar refractivity (Wildman–Crippen MR) is 326 cm³/mol. The number of H-pyrrole nitrogens is 1. The lowest BCUT2D eigenvalue weighted by Crippen LogP contribution is -2.44. The summed E-state index contributed by atoms with van der Waals surface area (Å²) in [5, 5.41) is 39.5. The Bertz CT molecular complexity index is 3600. The first-order valence-electron chi connectivity index (χ1n) is 27.0. The van der Waals surface area contributed by atoms with E-state index in [1.807, 2.05) is 48.5 Å². The number of hydrogen-bond donors (Lipinski definition) is 11. The first-order chi connectivity index (χ1) is 39.2. The van der Waals surface area contributed by atoms with E-state index < -0.39 is 32.9 Å². The zero-order valence-corrected chi connectivity index (χ0v) is 49.1. The van der Waals surface area contributed by atoms with Crippen molar-refractivity contribution in [1.29, 1.82) is 0 Å². The number of benzene rings is 4. The van der Waals surface area contributed by atoms with Crippen LogP contribution in [0.3, 0.4) is 0 Å². The smallest absolute Gasteiger partial charge is 0.336 e. The first kappa shape index (κ1) is 62.4. The van der Waals surface area contributed by atoms with E-state index in [2.05, 4.69) is 51.8 Å². The summed E-state index contributed by atoms with van der Waals surface area (Å²) < 4.78 is 18.4. The van der Waals surface area contributed by atoms with Gasteiger partial charge in [-0.15, -0.1) is 12.6 Å². The van der Waals surface area contributed by atoms with Gasteiger partial charge >= 0.3 is 5.97 Å². The number of aromatic hydroxyl groups is 1. The number of phenolic OH excluding ortho intramolecular Hbond substituents is 1. The number of nitrogens with two attached hydrogens (primary N) is 1. The number of aromatic carboxylic acids is 1. The van der Waals surface area contributed by atoms with Crippen LogP contribution in [0.1, 0.15) is 107 Å². The van der Waals surface area contributed by atoms with E-state index in [-0.39, 0.29) is 87.6 Å². The number of nitrogens with one attached hydrogen (secondary N) is 7. The third kappa shape index (κ3) is 17.7. The number of aromatic nitrogens is 4. The van der Waals surface area contributed by atoms with E-state index in [0.717, 1.165) is 5.69 Å². The Morgan fingerprint density at radius 1 is 0.807 bits per heavy atom. The fourth-order valence-corrected chi connectivity index (χ4v) is 9.09. The molecule has 0 bridgehead atoms. The van der Waals surface area contributed by atoms with Crippen LogP contribution in [0.4, 0.5) is 17.3 Å². The maximum Gasteiger partial charge on any atom is 0.336 e. The highest BCUT2D eigenvalue weighted by atomic mass is 32.1. The molecule has 2 aliphatic rings. The number of thiocarbonyl (C=S) groups is 1. The van der Waals surface area contributed by atoms with Gasteiger partial charge in [0.2, 0.25) is 17.8 Å². The topological polar surface area (TPSA) is 327 Å². The zero-order valence-electron chi connectivity index (χ0n) is 47.4. The van der Waals surface area contributed by atoms with Crippen LogP contribution in [0.2, 0.25) is 0 Å². The standard InChI is InChI=1S/C59H71N11O11S2/c1-56(2,33-80-58(5,6)20-24-61-46(73)9-8-23-62-50(74)34-10-12-35(13-11-34)64-30-37-31-65-49-48(67-37)51(75)70-54(60)69-49)32-66-53(78)57(3,4)22-26-79-59(7,83)21-25-63-55(82)68-36-14-17-40(43(27-36)52(76)77)47-41-18-15-38(71)28-44(41)81-45-29-39(72)16-19-42(45)47/h10-19,27-29,31,64,71,83H,8-9,20-26,30,32-33H2,1-7H3,(H,61,73)(H,62,74)(H,66,78)(H,76,77)(H2,63,68,82)(H3,60,65,69,70,75). The number of carbonyl (C=O) groups excluding carboxylic acids is 3. The summed E-state index contributed by atoms with van der Waals surface area (Å²) in [5.41, 5.74) is 7.13. The number of carboxylic acid groups (broad SMARTS) is 1. The highest BCUT2D eigenvalue weighted by Gasteiger charge is 2.32. The van der Waals surface area contributed by atoms with Crippen LogP contribution in [0.15, 0.2) is 99.1 Å². The van der Waals surface area contributed by atoms with Crippen molar-refractivity contribution in [1.82, 2.24) is 41.2 Å². The van der Waals surface area contributed by atoms with E-state index in [9.17, 15) is 39.0 Å². The molecule has 83 heavy (non-hydrogen) atoms. The summed E-state index contributed by atoms with van der Waals surface area (Å²) in [5.74, 6) is -1.56. The molecule has 3 aromatic carbocycles. The second-order valence-corrected chi connectivity index (χ2v) is 23.8. The zero-order chi connectivity index (χ0) is 60.3. The molecular weight excluding hydrogens is 1100 g/mol. The van der Waals surface area contributed by atoms with Crippen molar-refractivity contribution in [3.63, 3.8) is 0 Å². The van der Waals surface area contributed by atoms with Crippen molar-refractivity contribution < 1.29 is 43.3 Å². The van der Waals surface area contributed by atoms with Crippen LogP contribution in [0, 0.1) is 10.8 Å². The van der Waals surface area contributed by atoms with Crippen LogP contribution in [-0.4, -0.2) is 109 Å². The Kier molecular flexibility index (Phi) is 20.2. The molecule has 440 valence electrons. The van der Waals surface area contributed by atoms with Gasteiger partial charge in [-0.1, -0.05) is 33.8 Å². The highest BCUT2D eigenvalue weighted by Crippen LogP contribution is 2.42. The highest BCUT2D eigenvalue weighted by molar-refractivity contribution is 7.81. The number of carbonyl (C=O) groups is 4. The van der Waals surface area contributed by atoms with Crippen LogP contribution in [0.25, 0.3) is 44.6 Å². The molecule has 11 N–H and O–H groups in total. The second kappa shape index (κ2) is 26.8. The number of nitrogens with zero attached hydrogens (tertiary/aromatic N) is 3. The van der Waals surface area contributed by atoms with Gasteiger partial charge < -0.3 is 61.7 Å². The van der Waals surface area contributed by atoms with Gasteiger partial charge in [0.1, 0.15) is 22.0 Å². The molecule has 7 rings (SSSR count). The molecule has 24 heteroatoms. The van der Waals surface area contributed by atoms with Crippen LogP contribution in [-0.2, 0) is 25.6 Å². The molecule has 0 radical (unpaired) electrons. The Balaban J connectivity index is 0.751. The van der Waals surface area contributed by atoms with Crippen molar-refractivity contribution in [2.24, 2.45) is 10.8 Å². The molecule has 0 fully saturated rings. The molecule has 1 aliphatic heterocycles. The summed E-state index contributed by atoms with van der Waals surface area (Å²) in [4.78, 5) is 89.9. The summed E-state index contributed by atoms with van der Waals surface area (Å²) in [6.45, 7) is 15.8. The average Bonchev–Trinajstić information content (AvgIpc) is 3.49. The average molecular weight is 1170 g/mol. The Morgan fingerprint density at radius 3 is 2.28 bits per heavy atom.